The van der Waals surface area contributed by atoms with Crippen molar-refractivity contribution in [2.75, 3.05) is 26.2 Å². The summed E-state index contributed by atoms with van der Waals surface area (Å²) in [6.07, 6.45) is 1.23. The molecule has 0 aliphatic carbocycles. The van der Waals surface area contributed by atoms with Gasteiger partial charge in [-0.05, 0) is 61.9 Å². The number of rotatable bonds is 3. The molecule has 2 aromatic rings. The van der Waals surface area contributed by atoms with E-state index in [1.807, 2.05) is 11.3 Å². The Hall–Kier alpha value is -1.16. The van der Waals surface area contributed by atoms with Gasteiger partial charge < -0.3 is 5.32 Å². The summed E-state index contributed by atoms with van der Waals surface area (Å²) < 4.78 is 0. The molecule has 0 radical (unpaired) electrons. The van der Waals surface area contributed by atoms with E-state index in [0.29, 0.717) is 6.04 Å². The fourth-order valence-corrected chi connectivity index (χ4v) is 4.35. The van der Waals surface area contributed by atoms with E-state index in [0.717, 1.165) is 19.6 Å². The molecule has 1 aliphatic rings. The lowest BCUT2D eigenvalue weighted by Crippen LogP contribution is -2.33. The van der Waals surface area contributed by atoms with Crippen LogP contribution in [0.5, 0.6) is 0 Å². The molecule has 1 atom stereocenters. The van der Waals surface area contributed by atoms with Gasteiger partial charge in [-0.15, -0.1) is 11.3 Å². The zero-order valence-electron chi connectivity index (χ0n) is 13.9. The molecule has 22 heavy (non-hydrogen) atoms. The Morgan fingerprint density at radius 2 is 1.91 bits per heavy atom. The van der Waals surface area contributed by atoms with Gasteiger partial charge in [-0.2, -0.15) is 0 Å². The fourth-order valence-electron chi connectivity index (χ4n) is 3.31. The lowest BCUT2D eigenvalue weighted by molar-refractivity contribution is 0.243. The van der Waals surface area contributed by atoms with Gasteiger partial charge in [0.2, 0.25) is 0 Å². The third-order valence-electron chi connectivity index (χ3n) is 4.49. The molecule has 1 aliphatic heterocycles. The van der Waals surface area contributed by atoms with Crippen molar-refractivity contribution in [2.24, 2.45) is 0 Å². The second kappa shape index (κ2) is 6.95. The molecule has 1 aromatic heterocycles. The van der Waals surface area contributed by atoms with E-state index in [-0.39, 0.29) is 0 Å². The van der Waals surface area contributed by atoms with Crippen molar-refractivity contribution >= 4 is 11.3 Å². The van der Waals surface area contributed by atoms with Crippen molar-refractivity contribution in [1.29, 1.82) is 0 Å². The summed E-state index contributed by atoms with van der Waals surface area (Å²) in [7, 11) is 0. The molecule has 0 spiro atoms. The summed E-state index contributed by atoms with van der Waals surface area (Å²) in [4.78, 5) is 4.14. The summed E-state index contributed by atoms with van der Waals surface area (Å²) in [5.41, 5.74) is 5.61. The average molecular weight is 314 g/mol. The molecule has 1 aromatic carbocycles. The fraction of sp³-hybridized carbons (Fsp3) is 0.474. The van der Waals surface area contributed by atoms with Crippen LogP contribution in [0.2, 0.25) is 0 Å². The summed E-state index contributed by atoms with van der Waals surface area (Å²) >= 11 is 1.91. The third kappa shape index (κ3) is 3.43. The molecule has 2 heterocycles. The lowest BCUT2D eigenvalue weighted by Gasteiger charge is -2.31. The molecule has 1 N–H and O–H groups in total. The SMILES string of the molecule is Cc1csc(C(c2cc(C)ccc2C)N2CCCNCC2)c1. The van der Waals surface area contributed by atoms with E-state index >= 15 is 0 Å². The summed E-state index contributed by atoms with van der Waals surface area (Å²) in [5.74, 6) is 0. The highest BCUT2D eigenvalue weighted by Gasteiger charge is 2.25. The molecule has 3 heteroatoms. The Labute approximate surface area is 138 Å². The predicted octanol–water partition coefficient (Wildman–Crippen LogP) is 4.06. The van der Waals surface area contributed by atoms with E-state index < -0.39 is 0 Å². The Morgan fingerprint density at radius 1 is 1.05 bits per heavy atom. The zero-order chi connectivity index (χ0) is 15.5. The van der Waals surface area contributed by atoms with Crippen LogP contribution >= 0.6 is 11.3 Å². The topological polar surface area (TPSA) is 15.3 Å². The van der Waals surface area contributed by atoms with Crippen LogP contribution in [0.25, 0.3) is 0 Å². The quantitative estimate of drug-likeness (QED) is 0.919. The number of nitrogens with one attached hydrogen (secondary N) is 1. The lowest BCUT2D eigenvalue weighted by atomic mass is 9.96. The Morgan fingerprint density at radius 3 is 2.68 bits per heavy atom. The van der Waals surface area contributed by atoms with Gasteiger partial charge in [-0.3, -0.25) is 4.90 Å². The largest absolute Gasteiger partial charge is 0.315 e. The zero-order valence-corrected chi connectivity index (χ0v) is 14.7. The van der Waals surface area contributed by atoms with Crippen LogP contribution < -0.4 is 5.32 Å². The Bertz CT molecular complexity index is 624. The highest BCUT2D eigenvalue weighted by atomic mass is 32.1. The van der Waals surface area contributed by atoms with Gasteiger partial charge in [0.05, 0.1) is 6.04 Å². The van der Waals surface area contributed by atoms with Crippen LogP contribution in [0.3, 0.4) is 0 Å². The van der Waals surface area contributed by atoms with Crippen molar-refractivity contribution in [3.05, 3.63) is 56.8 Å². The van der Waals surface area contributed by atoms with Gasteiger partial charge in [-0.25, -0.2) is 0 Å². The third-order valence-corrected chi connectivity index (χ3v) is 5.59. The first-order chi connectivity index (χ1) is 10.6. The molecular formula is C19H26N2S. The van der Waals surface area contributed by atoms with Crippen molar-refractivity contribution in [1.82, 2.24) is 10.2 Å². The maximum atomic E-state index is 3.53. The summed E-state index contributed by atoms with van der Waals surface area (Å²) in [6, 6.07) is 9.65. The molecule has 0 bridgehead atoms. The van der Waals surface area contributed by atoms with Gasteiger partial charge in [0.1, 0.15) is 0 Å². The number of thiophene rings is 1. The van der Waals surface area contributed by atoms with Crippen LogP contribution in [0.15, 0.2) is 29.6 Å². The monoisotopic (exact) mass is 314 g/mol. The predicted molar refractivity (Wildman–Crippen MR) is 95.9 cm³/mol. The molecule has 1 unspecified atom stereocenters. The number of nitrogens with zero attached hydrogens (tertiary/aromatic N) is 1. The maximum absolute atomic E-state index is 3.53. The summed E-state index contributed by atoms with van der Waals surface area (Å²) in [6.45, 7) is 11.2. The van der Waals surface area contributed by atoms with Crippen LogP contribution in [0.1, 0.15) is 39.6 Å². The Balaban J connectivity index is 2.03. The standard InChI is InChI=1S/C19H26N2S/c1-14-5-6-16(3)17(11-14)19(18-12-15(2)13-22-18)21-9-4-7-20-8-10-21/h5-6,11-13,19-20H,4,7-10H2,1-3H3. The first-order valence-electron chi connectivity index (χ1n) is 8.22. The minimum Gasteiger partial charge on any atom is -0.315 e. The summed E-state index contributed by atoms with van der Waals surface area (Å²) in [5, 5.41) is 5.81. The normalized spacial score (nSPS) is 18.1. The van der Waals surface area contributed by atoms with E-state index in [1.54, 1.807) is 0 Å². The average Bonchev–Trinajstić information content (AvgIpc) is 2.75. The first-order valence-corrected chi connectivity index (χ1v) is 9.10. The van der Waals surface area contributed by atoms with Crippen molar-refractivity contribution in [3.63, 3.8) is 0 Å². The number of hydrogen-bond donors (Lipinski definition) is 1. The van der Waals surface area contributed by atoms with E-state index in [1.165, 1.54) is 40.1 Å². The maximum Gasteiger partial charge on any atom is 0.0699 e. The van der Waals surface area contributed by atoms with Crippen LogP contribution in [0.4, 0.5) is 0 Å². The van der Waals surface area contributed by atoms with Crippen LogP contribution in [-0.4, -0.2) is 31.1 Å². The first kappa shape index (κ1) is 15.7. The molecule has 1 fully saturated rings. The highest BCUT2D eigenvalue weighted by molar-refractivity contribution is 7.10. The highest BCUT2D eigenvalue weighted by Crippen LogP contribution is 2.35. The van der Waals surface area contributed by atoms with Crippen LogP contribution in [-0.2, 0) is 0 Å². The van der Waals surface area contributed by atoms with Crippen molar-refractivity contribution in [3.8, 4) is 0 Å². The molecule has 118 valence electrons. The van der Waals surface area contributed by atoms with Gasteiger partial charge in [0, 0.05) is 24.5 Å². The minimum absolute atomic E-state index is 0.401. The second-order valence-electron chi connectivity index (χ2n) is 6.43. The van der Waals surface area contributed by atoms with Gasteiger partial charge in [0.25, 0.3) is 0 Å². The molecular weight excluding hydrogens is 288 g/mol. The smallest absolute Gasteiger partial charge is 0.0699 e. The van der Waals surface area contributed by atoms with Crippen LogP contribution in [0, 0.1) is 20.8 Å². The molecule has 0 saturated carbocycles. The number of benzene rings is 1. The van der Waals surface area contributed by atoms with E-state index in [2.05, 4.69) is 60.6 Å². The van der Waals surface area contributed by atoms with Gasteiger partial charge >= 0.3 is 0 Å². The molecule has 2 nitrogen and oxygen atoms in total. The number of hydrogen-bond acceptors (Lipinski definition) is 3. The van der Waals surface area contributed by atoms with E-state index in [9.17, 15) is 0 Å². The minimum atomic E-state index is 0.401. The molecule has 0 amide bonds. The number of aryl methyl sites for hydroxylation is 3. The van der Waals surface area contributed by atoms with Gasteiger partial charge in [0.15, 0.2) is 0 Å². The molecule has 3 rings (SSSR count). The van der Waals surface area contributed by atoms with E-state index in [4.69, 9.17) is 0 Å². The van der Waals surface area contributed by atoms with Gasteiger partial charge in [-0.1, -0.05) is 23.8 Å². The Kier molecular flexibility index (Phi) is 4.97. The van der Waals surface area contributed by atoms with Crippen molar-refractivity contribution in [2.45, 2.75) is 33.2 Å². The second-order valence-corrected chi connectivity index (χ2v) is 7.37. The van der Waals surface area contributed by atoms with Crippen molar-refractivity contribution < 1.29 is 0 Å². The molecule has 1 saturated heterocycles.